The lowest BCUT2D eigenvalue weighted by atomic mass is 9.78. The van der Waals surface area contributed by atoms with Crippen molar-refractivity contribution in [3.8, 4) is 28.7 Å². The van der Waals surface area contributed by atoms with Crippen LogP contribution in [-0.4, -0.2) is 47.0 Å². The number of carbonyl (C=O) groups excluding carboxylic acids is 1. The van der Waals surface area contributed by atoms with E-state index < -0.39 is 0 Å². The maximum atomic E-state index is 12.8. The molecule has 7 nitrogen and oxygen atoms in total. The van der Waals surface area contributed by atoms with Crippen molar-refractivity contribution in [1.29, 1.82) is 0 Å². The lowest BCUT2D eigenvalue weighted by Gasteiger charge is -2.31. The first-order valence-corrected chi connectivity index (χ1v) is 11.5. The molecule has 2 aliphatic rings. The number of ether oxygens (including phenoxy) is 5. The molecule has 178 valence electrons. The van der Waals surface area contributed by atoms with E-state index >= 15 is 0 Å². The molecule has 33 heavy (non-hydrogen) atoms. The Morgan fingerprint density at radius 1 is 0.939 bits per heavy atom. The molecule has 1 N–H and O–H groups in total. The van der Waals surface area contributed by atoms with E-state index in [0.717, 1.165) is 42.7 Å². The quantitative estimate of drug-likeness (QED) is 0.615. The van der Waals surface area contributed by atoms with E-state index in [1.165, 1.54) is 5.56 Å². The monoisotopic (exact) mass is 455 g/mol. The van der Waals surface area contributed by atoms with Crippen LogP contribution in [-0.2, 0) is 16.6 Å². The van der Waals surface area contributed by atoms with Crippen LogP contribution in [0.25, 0.3) is 0 Å². The molecule has 7 heteroatoms. The maximum absolute atomic E-state index is 12.8. The van der Waals surface area contributed by atoms with Gasteiger partial charge in [0, 0.05) is 18.4 Å². The van der Waals surface area contributed by atoms with Crippen molar-refractivity contribution in [2.75, 3.05) is 41.1 Å². The first-order valence-electron chi connectivity index (χ1n) is 11.5. The number of rotatable bonds is 9. The van der Waals surface area contributed by atoms with E-state index in [0.29, 0.717) is 49.8 Å². The number of hydrogen-bond acceptors (Lipinski definition) is 6. The predicted octanol–water partition coefficient (Wildman–Crippen LogP) is 4.04. The van der Waals surface area contributed by atoms with Gasteiger partial charge in [0.1, 0.15) is 13.2 Å². The van der Waals surface area contributed by atoms with Crippen LogP contribution >= 0.6 is 0 Å². The molecule has 1 saturated carbocycles. The summed E-state index contributed by atoms with van der Waals surface area (Å²) in [6.07, 6.45) is 5.40. The maximum Gasteiger partial charge on any atom is 0.220 e. The lowest BCUT2D eigenvalue weighted by Crippen LogP contribution is -2.39. The highest BCUT2D eigenvalue weighted by atomic mass is 16.6. The zero-order valence-corrected chi connectivity index (χ0v) is 19.7. The second-order valence-electron chi connectivity index (χ2n) is 8.66. The smallest absolute Gasteiger partial charge is 0.220 e. The van der Waals surface area contributed by atoms with Gasteiger partial charge in [-0.1, -0.05) is 18.9 Å². The fourth-order valence-electron chi connectivity index (χ4n) is 4.89. The molecule has 1 heterocycles. The van der Waals surface area contributed by atoms with Gasteiger partial charge >= 0.3 is 0 Å². The largest absolute Gasteiger partial charge is 0.493 e. The third kappa shape index (κ3) is 4.97. The van der Waals surface area contributed by atoms with Gasteiger partial charge in [0.25, 0.3) is 0 Å². The Morgan fingerprint density at radius 3 is 2.24 bits per heavy atom. The third-order valence-corrected chi connectivity index (χ3v) is 6.70. The average Bonchev–Trinajstić information content (AvgIpc) is 3.35. The molecular formula is C26H33NO6. The van der Waals surface area contributed by atoms with Crippen molar-refractivity contribution in [3.63, 3.8) is 0 Å². The Morgan fingerprint density at radius 2 is 1.61 bits per heavy atom. The summed E-state index contributed by atoms with van der Waals surface area (Å²) in [5, 5.41) is 3.20. The topological polar surface area (TPSA) is 75.3 Å². The highest BCUT2D eigenvalue weighted by molar-refractivity contribution is 5.76. The average molecular weight is 456 g/mol. The van der Waals surface area contributed by atoms with Crippen molar-refractivity contribution in [2.24, 2.45) is 0 Å². The zero-order chi connectivity index (χ0) is 23.3. The van der Waals surface area contributed by atoms with E-state index in [1.54, 1.807) is 21.3 Å². The minimum Gasteiger partial charge on any atom is -0.493 e. The molecule has 0 radical (unpaired) electrons. The normalized spacial score (nSPS) is 16.2. The predicted molar refractivity (Wildman–Crippen MR) is 125 cm³/mol. The van der Waals surface area contributed by atoms with E-state index in [1.807, 2.05) is 18.2 Å². The van der Waals surface area contributed by atoms with Crippen molar-refractivity contribution in [1.82, 2.24) is 5.32 Å². The number of fused-ring (bicyclic) bond motifs is 1. The summed E-state index contributed by atoms with van der Waals surface area (Å²) in [7, 11) is 4.76. The zero-order valence-electron chi connectivity index (χ0n) is 19.7. The van der Waals surface area contributed by atoms with Crippen molar-refractivity contribution >= 4 is 5.91 Å². The molecule has 0 atom stereocenters. The Bertz CT molecular complexity index is 958. The molecule has 1 aliphatic heterocycles. The van der Waals surface area contributed by atoms with Gasteiger partial charge in [-0.3, -0.25) is 4.79 Å². The Hall–Kier alpha value is -3.09. The van der Waals surface area contributed by atoms with E-state index in [4.69, 9.17) is 23.7 Å². The molecule has 0 saturated heterocycles. The van der Waals surface area contributed by atoms with Crippen LogP contribution in [0.15, 0.2) is 30.3 Å². The third-order valence-electron chi connectivity index (χ3n) is 6.70. The molecule has 4 rings (SSSR count). The summed E-state index contributed by atoms with van der Waals surface area (Å²) in [6, 6.07) is 10.0. The number of amides is 1. The molecule has 1 aliphatic carbocycles. The number of benzene rings is 2. The molecule has 1 amide bonds. The molecule has 0 spiro atoms. The SMILES string of the molecule is COc1cc(CCC(=O)NCC2(c3ccc4c(c3)OCCO4)CCCC2)cc(OC)c1OC. The number of hydrogen-bond donors (Lipinski definition) is 1. The van der Waals surface area contributed by atoms with Crippen molar-refractivity contribution in [2.45, 2.75) is 43.9 Å². The van der Waals surface area contributed by atoms with E-state index in [2.05, 4.69) is 17.4 Å². The number of nitrogens with one attached hydrogen (secondary N) is 1. The minimum absolute atomic E-state index is 0.0348. The summed E-state index contributed by atoms with van der Waals surface area (Å²) >= 11 is 0. The molecule has 1 fully saturated rings. The first kappa shape index (κ1) is 23.1. The number of aryl methyl sites for hydroxylation is 1. The lowest BCUT2D eigenvalue weighted by molar-refractivity contribution is -0.121. The van der Waals surface area contributed by atoms with Crippen LogP contribution in [0.2, 0.25) is 0 Å². The molecular weight excluding hydrogens is 422 g/mol. The van der Waals surface area contributed by atoms with Gasteiger partial charge in [0.05, 0.1) is 21.3 Å². The highest BCUT2D eigenvalue weighted by Gasteiger charge is 2.36. The van der Waals surface area contributed by atoms with Gasteiger partial charge in [-0.05, 0) is 54.7 Å². The van der Waals surface area contributed by atoms with Crippen LogP contribution in [0.1, 0.15) is 43.2 Å². The van der Waals surface area contributed by atoms with Crippen LogP contribution in [0.4, 0.5) is 0 Å². The van der Waals surface area contributed by atoms with E-state index in [9.17, 15) is 4.79 Å². The molecule has 0 aromatic heterocycles. The molecule has 0 bridgehead atoms. The fraction of sp³-hybridized carbons (Fsp3) is 0.500. The second-order valence-corrected chi connectivity index (χ2v) is 8.66. The van der Waals surface area contributed by atoms with Gasteiger partial charge in [-0.2, -0.15) is 0 Å². The van der Waals surface area contributed by atoms with Crippen LogP contribution in [0.5, 0.6) is 28.7 Å². The van der Waals surface area contributed by atoms with Crippen LogP contribution in [0.3, 0.4) is 0 Å². The van der Waals surface area contributed by atoms with Gasteiger partial charge in [0.2, 0.25) is 11.7 Å². The van der Waals surface area contributed by atoms with Crippen LogP contribution in [0, 0.1) is 0 Å². The number of carbonyl (C=O) groups is 1. The van der Waals surface area contributed by atoms with Crippen molar-refractivity contribution < 1.29 is 28.5 Å². The first-order chi connectivity index (χ1) is 16.1. The summed E-state index contributed by atoms with van der Waals surface area (Å²) in [6.45, 7) is 1.78. The summed E-state index contributed by atoms with van der Waals surface area (Å²) < 4.78 is 27.7. The summed E-state index contributed by atoms with van der Waals surface area (Å²) in [5.41, 5.74) is 2.12. The Kier molecular flexibility index (Phi) is 7.16. The van der Waals surface area contributed by atoms with Crippen molar-refractivity contribution in [3.05, 3.63) is 41.5 Å². The molecule has 2 aromatic carbocycles. The Labute approximate surface area is 195 Å². The Balaban J connectivity index is 1.40. The second kappa shape index (κ2) is 10.2. The van der Waals surface area contributed by atoms with Gasteiger partial charge in [-0.15, -0.1) is 0 Å². The minimum atomic E-state index is -0.0575. The van der Waals surface area contributed by atoms with Gasteiger partial charge in [0.15, 0.2) is 23.0 Å². The van der Waals surface area contributed by atoms with Gasteiger partial charge in [-0.25, -0.2) is 0 Å². The standard InChI is InChI=1S/C26H33NO6/c1-29-22-14-18(15-23(30-2)25(22)31-3)6-9-24(28)27-17-26(10-4-5-11-26)19-7-8-20-21(16-19)33-13-12-32-20/h7-8,14-16H,4-6,9-13,17H2,1-3H3,(H,27,28). The summed E-state index contributed by atoms with van der Waals surface area (Å²) in [5.74, 6) is 3.38. The van der Waals surface area contributed by atoms with Crippen LogP contribution < -0.4 is 29.0 Å². The molecule has 0 unspecified atom stereocenters. The fourth-order valence-corrected chi connectivity index (χ4v) is 4.89. The number of methoxy groups -OCH3 is 3. The molecule has 2 aromatic rings. The van der Waals surface area contributed by atoms with Gasteiger partial charge < -0.3 is 29.0 Å². The highest BCUT2D eigenvalue weighted by Crippen LogP contribution is 2.44. The summed E-state index contributed by atoms with van der Waals surface area (Å²) in [4.78, 5) is 12.8. The van der Waals surface area contributed by atoms with E-state index in [-0.39, 0.29) is 11.3 Å².